The fourth-order valence-electron chi connectivity index (χ4n) is 1.90. The van der Waals surface area contributed by atoms with Crippen LogP contribution in [-0.2, 0) is 10.1 Å². The molecule has 20 heavy (non-hydrogen) atoms. The summed E-state index contributed by atoms with van der Waals surface area (Å²) in [6.45, 7) is -0.685. The molecule has 0 aliphatic rings. The second-order valence-corrected chi connectivity index (χ2v) is 4.60. The third-order valence-corrected chi connectivity index (χ3v) is 3.30. The van der Waals surface area contributed by atoms with Crippen LogP contribution in [0.15, 0.2) is 36.4 Å². The molecule has 0 fully saturated rings. The van der Waals surface area contributed by atoms with Crippen molar-refractivity contribution in [1.82, 2.24) is 0 Å². The molecule has 0 saturated carbocycles. The van der Waals surface area contributed by atoms with Crippen LogP contribution >= 0.6 is 15.9 Å². The third kappa shape index (κ3) is 3.86. The van der Waals surface area contributed by atoms with Gasteiger partial charge in [0, 0.05) is 10.9 Å². The Hall–Kier alpha value is -1.27. The number of halogens is 4. The Bertz CT molecular complexity index is 584. The summed E-state index contributed by atoms with van der Waals surface area (Å²) in [5, 5.41) is 2.63. The van der Waals surface area contributed by atoms with Gasteiger partial charge in [-0.15, -0.1) is 13.2 Å². The lowest BCUT2D eigenvalue weighted by atomic mass is 10.0. The van der Waals surface area contributed by atoms with Gasteiger partial charge < -0.3 is 4.74 Å². The van der Waals surface area contributed by atoms with Gasteiger partial charge in [0.2, 0.25) is 0 Å². The summed E-state index contributed by atoms with van der Waals surface area (Å²) in [5.41, 5.74) is 0.912. The van der Waals surface area contributed by atoms with E-state index in [1.54, 1.807) is 6.07 Å². The number of rotatable bonds is 5. The van der Waals surface area contributed by atoms with E-state index in [2.05, 4.69) is 20.7 Å². The van der Waals surface area contributed by atoms with Crippen LogP contribution in [0.5, 0.6) is 5.75 Å². The highest BCUT2D eigenvalue weighted by atomic mass is 79.9. The summed E-state index contributed by atoms with van der Waals surface area (Å²) >= 11 is 3.38. The lowest BCUT2D eigenvalue weighted by Crippen LogP contribution is -2.18. The lowest BCUT2D eigenvalue weighted by Gasteiger charge is -2.13. The number of ether oxygens (including phenoxy) is 2. The van der Waals surface area contributed by atoms with E-state index in [4.69, 9.17) is 4.74 Å². The zero-order valence-corrected chi connectivity index (χ0v) is 12.0. The number of alkyl halides is 4. The third-order valence-electron chi connectivity index (χ3n) is 2.74. The molecule has 0 aliphatic carbocycles. The first kappa shape index (κ1) is 15.1. The van der Waals surface area contributed by atoms with Gasteiger partial charge in [-0.1, -0.05) is 46.3 Å². The topological polar surface area (TPSA) is 18.5 Å². The molecule has 2 aromatic carbocycles. The molecular formula is C14H12BrF3O2. The van der Waals surface area contributed by atoms with Crippen LogP contribution in [-0.4, -0.2) is 19.6 Å². The second kappa shape index (κ2) is 6.45. The van der Waals surface area contributed by atoms with Gasteiger partial charge in [0.25, 0.3) is 0 Å². The summed E-state index contributed by atoms with van der Waals surface area (Å²) < 4.78 is 44.6. The Kier molecular flexibility index (Phi) is 4.88. The first-order valence-electron chi connectivity index (χ1n) is 5.91. The summed E-state index contributed by atoms with van der Waals surface area (Å²) in [4.78, 5) is 0. The second-order valence-electron chi connectivity index (χ2n) is 4.04. The number of benzene rings is 2. The molecule has 0 bridgehead atoms. The van der Waals surface area contributed by atoms with Gasteiger partial charge in [-0.2, -0.15) is 0 Å². The molecule has 2 nitrogen and oxygen atoms in total. The fourth-order valence-corrected chi connectivity index (χ4v) is 2.48. The maximum atomic E-state index is 11.8. The normalized spacial score (nSPS) is 11.8. The van der Waals surface area contributed by atoms with E-state index >= 15 is 0 Å². The molecule has 0 unspecified atom stereocenters. The summed E-state index contributed by atoms with van der Waals surface area (Å²) in [6.07, 6.45) is -4.62. The molecule has 0 atom stereocenters. The van der Waals surface area contributed by atoms with E-state index in [9.17, 15) is 13.2 Å². The molecule has 0 aromatic heterocycles. The van der Waals surface area contributed by atoms with Gasteiger partial charge in [-0.05, 0) is 16.8 Å². The Morgan fingerprint density at radius 1 is 1.00 bits per heavy atom. The molecular weight excluding hydrogens is 337 g/mol. The Labute approximate surface area is 122 Å². The van der Waals surface area contributed by atoms with Crippen LogP contribution in [0.4, 0.5) is 13.2 Å². The van der Waals surface area contributed by atoms with Gasteiger partial charge in [0.1, 0.15) is 12.4 Å². The number of hydrogen-bond donors (Lipinski definition) is 0. The zero-order chi connectivity index (χ0) is 14.6. The fraction of sp³-hybridized carbons (Fsp3) is 0.286. The molecule has 6 heteroatoms. The first-order valence-corrected chi connectivity index (χ1v) is 7.03. The number of fused-ring (bicyclic) bond motifs is 1. The highest BCUT2D eigenvalue weighted by Crippen LogP contribution is 2.30. The molecule has 2 rings (SSSR count). The average Bonchev–Trinajstić information content (AvgIpc) is 2.42. The van der Waals surface area contributed by atoms with Gasteiger partial charge in [0.15, 0.2) is 0 Å². The molecule has 0 saturated heterocycles. The molecule has 0 heterocycles. The molecule has 0 spiro atoms. The largest absolute Gasteiger partial charge is 0.522 e. The van der Waals surface area contributed by atoms with E-state index in [-0.39, 0.29) is 6.61 Å². The van der Waals surface area contributed by atoms with Crippen molar-refractivity contribution < 1.29 is 22.6 Å². The molecule has 2 aromatic rings. The molecule has 108 valence electrons. The van der Waals surface area contributed by atoms with E-state index in [0.29, 0.717) is 11.1 Å². The summed E-state index contributed by atoms with van der Waals surface area (Å²) in [7, 11) is 0. The minimum absolute atomic E-state index is 0.155. The van der Waals surface area contributed by atoms with Crippen LogP contribution in [0.25, 0.3) is 10.8 Å². The SMILES string of the molecule is FC(F)(F)OCCOc1ccc2ccccc2c1CBr. The molecule has 0 amide bonds. The molecule has 0 aliphatic heterocycles. The Balaban J connectivity index is 2.10. The predicted molar refractivity (Wildman–Crippen MR) is 74.1 cm³/mol. The monoisotopic (exact) mass is 348 g/mol. The first-order chi connectivity index (χ1) is 9.51. The van der Waals surface area contributed by atoms with Crippen LogP contribution in [0.1, 0.15) is 5.56 Å². The Morgan fingerprint density at radius 2 is 1.75 bits per heavy atom. The van der Waals surface area contributed by atoms with Crippen LogP contribution in [0.2, 0.25) is 0 Å². The van der Waals surface area contributed by atoms with Crippen LogP contribution in [0, 0.1) is 0 Å². The van der Waals surface area contributed by atoms with Crippen molar-refractivity contribution >= 4 is 26.7 Å². The van der Waals surface area contributed by atoms with Gasteiger partial charge in [-0.3, -0.25) is 4.74 Å². The Morgan fingerprint density at radius 3 is 2.45 bits per heavy atom. The highest BCUT2D eigenvalue weighted by Gasteiger charge is 2.28. The highest BCUT2D eigenvalue weighted by molar-refractivity contribution is 9.08. The summed E-state index contributed by atoms with van der Waals surface area (Å²) in [5.74, 6) is 0.561. The predicted octanol–water partition coefficient (Wildman–Crippen LogP) is 4.65. The van der Waals surface area contributed by atoms with Gasteiger partial charge in [0.05, 0.1) is 6.61 Å². The van der Waals surface area contributed by atoms with Crippen molar-refractivity contribution in [3.05, 3.63) is 42.0 Å². The van der Waals surface area contributed by atoms with E-state index in [0.717, 1.165) is 16.3 Å². The van der Waals surface area contributed by atoms with Gasteiger partial charge in [-0.25, -0.2) is 0 Å². The zero-order valence-electron chi connectivity index (χ0n) is 10.4. The van der Waals surface area contributed by atoms with Crippen molar-refractivity contribution in [1.29, 1.82) is 0 Å². The van der Waals surface area contributed by atoms with Crippen molar-refractivity contribution in [3.63, 3.8) is 0 Å². The lowest BCUT2D eigenvalue weighted by molar-refractivity contribution is -0.325. The standard InChI is InChI=1S/C14H12BrF3O2/c15-9-12-11-4-2-1-3-10(11)5-6-13(12)19-7-8-20-14(16,17)18/h1-6H,7-9H2. The van der Waals surface area contributed by atoms with Crippen molar-refractivity contribution in [3.8, 4) is 5.75 Å². The van der Waals surface area contributed by atoms with E-state index in [1.807, 2.05) is 30.3 Å². The smallest absolute Gasteiger partial charge is 0.491 e. The maximum Gasteiger partial charge on any atom is 0.522 e. The minimum Gasteiger partial charge on any atom is -0.491 e. The van der Waals surface area contributed by atoms with Gasteiger partial charge >= 0.3 is 6.36 Å². The van der Waals surface area contributed by atoms with E-state index in [1.165, 1.54) is 0 Å². The average molecular weight is 349 g/mol. The van der Waals surface area contributed by atoms with Crippen LogP contribution < -0.4 is 4.74 Å². The van der Waals surface area contributed by atoms with Crippen molar-refractivity contribution in [2.45, 2.75) is 11.7 Å². The summed E-state index contributed by atoms with van der Waals surface area (Å²) in [6, 6.07) is 11.4. The van der Waals surface area contributed by atoms with Crippen LogP contribution in [0.3, 0.4) is 0 Å². The number of hydrogen-bond acceptors (Lipinski definition) is 2. The maximum absolute atomic E-state index is 11.8. The van der Waals surface area contributed by atoms with Crippen molar-refractivity contribution in [2.24, 2.45) is 0 Å². The van der Waals surface area contributed by atoms with E-state index < -0.39 is 13.0 Å². The van der Waals surface area contributed by atoms with Crippen molar-refractivity contribution in [2.75, 3.05) is 13.2 Å². The molecule has 0 radical (unpaired) electrons. The quantitative estimate of drug-likeness (QED) is 0.578. The minimum atomic E-state index is -4.62. The molecule has 0 N–H and O–H groups in total.